The summed E-state index contributed by atoms with van der Waals surface area (Å²) >= 11 is 0. The summed E-state index contributed by atoms with van der Waals surface area (Å²) in [6.07, 6.45) is 9.67. The van der Waals surface area contributed by atoms with Gasteiger partial charge in [-0.05, 0) is 0 Å². The van der Waals surface area contributed by atoms with Crippen molar-refractivity contribution >= 4 is 0 Å². The zero-order chi connectivity index (χ0) is 5.11. The number of allylic oxidation sites excluding steroid dienone is 4. The number of hydrogen-bond donors (Lipinski definition) is 0. The molecule has 0 N–H and O–H groups in total. The van der Waals surface area contributed by atoms with Gasteiger partial charge in [-0.2, -0.15) is 5.57 Å². The largest absolute Gasteiger partial charge is 0.252 e. The second-order valence-electron chi connectivity index (χ2n) is 1.87. The molecule has 8 heavy (non-hydrogen) atoms. The molecule has 1 rings (SSSR count). The molecule has 0 saturated carbocycles. The molecule has 0 saturated heterocycles. The molecule has 0 aromatic heterocycles. The van der Waals surface area contributed by atoms with Crippen LogP contribution in [0.4, 0.5) is 0 Å². The third kappa shape index (κ3) is 2.79. The molecule has 1 aliphatic rings. The molecule has 0 atom stereocenters. The molecule has 0 nitrogen and oxygen atoms in total. The van der Waals surface area contributed by atoms with E-state index in [1.165, 1.54) is 18.4 Å². The summed E-state index contributed by atoms with van der Waals surface area (Å²) in [7, 11) is 0. The molecule has 0 unspecified atom stereocenters. The topological polar surface area (TPSA) is 0 Å². The Morgan fingerprint density at radius 3 is 2.62 bits per heavy atom. The van der Waals surface area contributed by atoms with Gasteiger partial charge in [0.1, 0.15) is 0 Å². The van der Waals surface area contributed by atoms with Crippen molar-refractivity contribution in [2.24, 2.45) is 0 Å². The molecule has 1 heteroatoms. The standard InChI is InChI=1S/C7H9.Y/c1-7-5-3-2-4-6-7;/h2-3H,4,6H2,1H3;/q-1;. The van der Waals surface area contributed by atoms with Gasteiger partial charge in [-0.15, -0.1) is 0 Å². The van der Waals surface area contributed by atoms with E-state index in [0.717, 1.165) is 0 Å². The van der Waals surface area contributed by atoms with Crippen LogP contribution >= 0.6 is 0 Å². The predicted octanol–water partition coefficient (Wildman–Crippen LogP) is 2.08. The first-order valence-electron chi connectivity index (χ1n) is 2.63. The average molecular weight is 182 g/mol. The first kappa shape index (κ1) is 8.58. The van der Waals surface area contributed by atoms with Crippen molar-refractivity contribution in [2.75, 3.05) is 0 Å². The van der Waals surface area contributed by atoms with Crippen molar-refractivity contribution in [3.63, 3.8) is 0 Å². The van der Waals surface area contributed by atoms with Crippen molar-refractivity contribution < 1.29 is 32.7 Å². The van der Waals surface area contributed by atoms with Crippen molar-refractivity contribution in [3.8, 4) is 0 Å². The van der Waals surface area contributed by atoms with Crippen LogP contribution in [0.2, 0.25) is 0 Å². The Morgan fingerprint density at radius 2 is 2.38 bits per heavy atom. The van der Waals surface area contributed by atoms with Gasteiger partial charge >= 0.3 is 0 Å². The van der Waals surface area contributed by atoms with Crippen LogP contribution in [0, 0.1) is 6.08 Å². The van der Waals surface area contributed by atoms with Gasteiger partial charge in [0.05, 0.1) is 0 Å². The van der Waals surface area contributed by atoms with Crippen LogP contribution in [0.3, 0.4) is 0 Å². The molecule has 0 aliphatic heterocycles. The van der Waals surface area contributed by atoms with Crippen molar-refractivity contribution in [2.45, 2.75) is 19.8 Å². The fraction of sp³-hybridized carbons (Fsp3) is 0.429. The molecular formula is C7H9Y-. The molecule has 0 aromatic carbocycles. The van der Waals surface area contributed by atoms with Gasteiger partial charge in [0, 0.05) is 32.7 Å². The summed E-state index contributed by atoms with van der Waals surface area (Å²) in [5.74, 6) is 0. The molecule has 0 spiro atoms. The van der Waals surface area contributed by atoms with E-state index in [4.69, 9.17) is 0 Å². The summed E-state index contributed by atoms with van der Waals surface area (Å²) in [6, 6.07) is 0. The molecule has 0 heterocycles. The summed E-state index contributed by atoms with van der Waals surface area (Å²) in [6.45, 7) is 2.11. The zero-order valence-electron chi connectivity index (χ0n) is 5.15. The van der Waals surface area contributed by atoms with Crippen LogP contribution in [-0.2, 0) is 32.7 Å². The van der Waals surface area contributed by atoms with E-state index in [2.05, 4.69) is 19.1 Å². The van der Waals surface area contributed by atoms with Gasteiger partial charge in [-0.25, -0.2) is 12.2 Å². The van der Waals surface area contributed by atoms with Crippen LogP contribution in [0.25, 0.3) is 0 Å². The Labute approximate surface area is 75.9 Å². The van der Waals surface area contributed by atoms with Crippen LogP contribution in [-0.4, -0.2) is 0 Å². The average Bonchev–Trinajstić information content (AvgIpc) is 1.69. The Kier molecular flexibility index (Phi) is 4.79. The SMILES string of the molecule is CC1=[C-]C=CCC1.[Y]. The van der Waals surface area contributed by atoms with E-state index < -0.39 is 0 Å². The maximum absolute atomic E-state index is 3.12. The van der Waals surface area contributed by atoms with Crippen LogP contribution in [0.1, 0.15) is 19.8 Å². The maximum atomic E-state index is 3.12. The fourth-order valence-electron chi connectivity index (χ4n) is 0.657. The third-order valence-corrected chi connectivity index (χ3v) is 1.13. The first-order valence-corrected chi connectivity index (χ1v) is 2.63. The molecule has 1 radical (unpaired) electrons. The first-order chi connectivity index (χ1) is 3.39. The summed E-state index contributed by atoms with van der Waals surface area (Å²) in [5, 5.41) is 0. The Morgan fingerprint density at radius 1 is 1.62 bits per heavy atom. The minimum atomic E-state index is 0. The van der Waals surface area contributed by atoms with E-state index in [1.54, 1.807) is 0 Å². The van der Waals surface area contributed by atoms with Gasteiger partial charge in [0.15, 0.2) is 0 Å². The summed E-state index contributed by atoms with van der Waals surface area (Å²) in [5.41, 5.74) is 1.38. The fourth-order valence-corrected chi connectivity index (χ4v) is 0.657. The van der Waals surface area contributed by atoms with Gasteiger partial charge in [-0.3, -0.25) is 6.08 Å². The van der Waals surface area contributed by atoms with E-state index in [1.807, 2.05) is 6.08 Å². The second-order valence-corrected chi connectivity index (χ2v) is 1.87. The van der Waals surface area contributed by atoms with E-state index in [0.29, 0.717) is 0 Å². The molecule has 0 aromatic rings. The third-order valence-electron chi connectivity index (χ3n) is 1.13. The van der Waals surface area contributed by atoms with Crippen molar-refractivity contribution in [3.05, 3.63) is 23.8 Å². The molecule has 0 bridgehead atoms. The molecule has 1 aliphatic carbocycles. The quantitative estimate of drug-likeness (QED) is 0.503. The van der Waals surface area contributed by atoms with Gasteiger partial charge in [0.25, 0.3) is 0 Å². The minimum Gasteiger partial charge on any atom is -0.252 e. The van der Waals surface area contributed by atoms with E-state index >= 15 is 0 Å². The maximum Gasteiger partial charge on any atom is 0 e. The second kappa shape index (κ2) is 4.46. The van der Waals surface area contributed by atoms with Gasteiger partial charge in [0.2, 0.25) is 0 Å². The Hall–Kier alpha value is 0.584. The van der Waals surface area contributed by atoms with Crippen LogP contribution in [0.5, 0.6) is 0 Å². The van der Waals surface area contributed by atoms with Gasteiger partial charge in [-0.1, -0.05) is 19.8 Å². The number of hydrogen-bond acceptors (Lipinski definition) is 0. The Balaban J connectivity index is 0.000000490. The molecular weight excluding hydrogens is 173 g/mol. The molecule has 0 amide bonds. The minimum absolute atomic E-state index is 0. The monoisotopic (exact) mass is 182 g/mol. The molecule has 41 valence electrons. The summed E-state index contributed by atoms with van der Waals surface area (Å²) in [4.78, 5) is 0. The smallest absolute Gasteiger partial charge is 0 e. The normalized spacial score (nSPS) is 16.9. The van der Waals surface area contributed by atoms with E-state index in [9.17, 15) is 0 Å². The predicted molar refractivity (Wildman–Crippen MR) is 30.8 cm³/mol. The molecule has 0 fully saturated rings. The zero-order valence-corrected chi connectivity index (χ0v) is 7.98. The van der Waals surface area contributed by atoms with Crippen molar-refractivity contribution in [1.82, 2.24) is 0 Å². The van der Waals surface area contributed by atoms with E-state index in [-0.39, 0.29) is 32.7 Å². The van der Waals surface area contributed by atoms with Crippen LogP contribution < -0.4 is 0 Å². The summed E-state index contributed by atoms with van der Waals surface area (Å²) < 4.78 is 0. The van der Waals surface area contributed by atoms with Gasteiger partial charge < -0.3 is 0 Å². The Bertz CT molecular complexity index is 112. The van der Waals surface area contributed by atoms with Crippen molar-refractivity contribution in [1.29, 1.82) is 0 Å². The van der Waals surface area contributed by atoms with Crippen LogP contribution in [0.15, 0.2) is 17.7 Å². The number of rotatable bonds is 0.